The largest absolute Gasteiger partial charge is 0.452 e. The Morgan fingerprint density at radius 2 is 1.56 bits per heavy atom. The molecule has 0 saturated carbocycles. The average molecular weight is 377 g/mol. The van der Waals surface area contributed by atoms with Crippen LogP contribution >= 0.6 is 11.6 Å². The highest BCUT2D eigenvalue weighted by atomic mass is 35.5. The van der Waals surface area contributed by atoms with E-state index in [0.717, 1.165) is 0 Å². The summed E-state index contributed by atoms with van der Waals surface area (Å²) >= 11 is 6.01. The predicted octanol–water partition coefficient (Wildman–Crippen LogP) is 5.33. The summed E-state index contributed by atoms with van der Waals surface area (Å²) in [4.78, 5) is 25.6. The Morgan fingerprint density at radius 3 is 2.26 bits per heavy atom. The van der Waals surface area contributed by atoms with Crippen molar-refractivity contribution in [3.63, 3.8) is 0 Å². The Kier molecular flexibility index (Phi) is 4.48. The van der Waals surface area contributed by atoms with Crippen LogP contribution < -0.4 is 10.2 Å². The second-order valence-corrected chi connectivity index (χ2v) is 6.29. The molecular formula is C22H13ClO4. The van der Waals surface area contributed by atoms with Gasteiger partial charge in [0.15, 0.2) is 5.76 Å². The lowest BCUT2D eigenvalue weighted by molar-refractivity contribution is 0.0731. The first-order valence-corrected chi connectivity index (χ1v) is 8.60. The van der Waals surface area contributed by atoms with Crippen LogP contribution in [-0.4, -0.2) is 5.97 Å². The molecule has 0 N–H and O–H groups in total. The summed E-state index contributed by atoms with van der Waals surface area (Å²) in [6, 6.07) is 22.2. The van der Waals surface area contributed by atoms with Gasteiger partial charge in [-0.05, 0) is 30.3 Å². The average Bonchev–Trinajstić information content (AvgIpc) is 2.71. The Morgan fingerprint density at radius 1 is 0.889 bits per heavy atom. The number of ether oxygens (including phenoxy) is 1. The van der Waals surface area contributed by atoms with E-state index in [0.29, 0.717) is 21.7 Å². The van der Waals surface area contributed by atoms with E-state index < -0.39 is 11.4 Å². The van der Waals surface area contributed by atoms with E-state index in [-0.39, 0.29) is 16.9 Å². The molecule has 0 radical (unpaired) electrons. The molecule has 0 bridgehead atoms. The van der Waals surface area contributed by atoms with Gasteiger partial charge in [0.1, 0.15) is 5.58 Å². The molecule has 5 heteroatoms. The van der Waals surface area contributed by atoms with E-state index in [4.69, 9.17) is 20.8 Å². The topological polar surface area (TPSA) is 56.5 Å². The Hall–Kier alpha value is -3.37. The summed E-state index contributed by atoms with van der Waals surface area (Å²) in [5.74, 6) is -0.606. The molecule has 27 heavy (non-hydrogen) atoms. The van der Waals surface area contributed by atoms with Crippen molar-refractivity contribution in [1.29, 1.82) is 0 Å². The first kappa shape index (κ1) is 17.1. The van der Waals surface area contributed by atoms with Crippen LogP contribution in [0, 0.1) is 0 Å². The number of carbonyl (C=O) groups excluding carboxylic acids is 1. The van der Waals surface area contributed by atoms with Crippen molar-refractivity contribution in [3.05, 3.63) is 99.7 Å². The third-order valence-electron chi connectivity index (χ3n) is 4.05. The highest BCUT2D eigenvalue weighted by Crippen LogP contribution is 2.32. The van der Waals surface area contributed by atoms with E-state index in [1.54, 1.807) is 54.6 Å². The first-order valence-electron chi connectivity index (χ1n) is 8.22. The smallest absolute Gasteiger partial charge is 0.343 e. The van der Waals surface area contributed by atoms with Crippen molar-refractivity contribution in [2.24, 2.45) is 0 Å². The van der Waals surface area contributed by atoms with Gasteiger partial charge in [0.2, 0.25) is 11.2 Å². The number of benzene rings is 3. The third-order valence-corrected chi connectivity index (χ3v) is 4.29. The summed E-state index contributed by atoms with van der Waals surface area (Å²) in [7, 11) is 0. The van der Waals surface area contributed by atoms with Gasteiger partial charge in [-0.1, -0.05) is 60.1 Å². The summed E-state index contributed by atoms with van der Waals surface area (Å²) in [6.07, 6.45) is 0. The first-order chi connectivity index (χ1) is 13.1. The molecule has 0 unspecified atom stereocenters. The zero-order valence-electron chi connectivity index (χ0n) is 14.0. The molecule has 0 saturated heterocycles. The Bertz CT molecular complexity index is 1180. The molecule has 0 spiro atoms. The zero-order chi connectivity index (χ0) is 18.8. The predicted molar refractivity (Wildman–Crippen MR) is 104 cm³/mol. The fraction of sp³-hybridized carbons (Fsp3) is 0. The lowest BCUT2D eigenvalue weighted by atomic mass is 10.1. The Labute approximate surface area is 159 Å². The Balaban J connectivity index is 1.92. The number of fused-ring (bicyclic) bond motifs is 1. The summed E-state index contributed by atoms with van der Waals surface area (Å²) < 4.78 is 11.4. The van der Waals surface area contributed by atoms with Gasteiger partial charge in [-0.3, -0.25) is 4.79 Å². The molecule has 0 atom stereocenters. The second kappa shape index (κ2) is 7.09. The van der Waals surface area contributed by atoms with Gasteiger partial charge in [0, 0.05) is 10.6 Å². The maximum absolute atomic E-state index is 13.0. The van der Waals surface area contributed by atoms with Gasteiger partial charge < -0.3 is 9.15 Å². The highest BCUT2D eigenvalue weighted by molar-refractivity contribution is 6.31. The van der Waals surface area contributed by atoms with Gasteiger partial charge in [-0.25, -0.2) is 4.79 Å². The zero-order valence-corrected chi connectivity index (χ0v) is 14.8. The minimum Gasteiger partial charge on any atom is -0.452 e. The van der Waals surface area contributed by atoms with Crippen LogP contribution in [0.25, 0.3) is 22.3 Å². The van der Waals surface area contributed by atoms with Gasteiger partial charge in [-0.15, -0.1) is 0 Å². The van der Waals surface area contributed by atoms with Crippen molar-refractivity contribution < 1.29 is 13.9 Å². The molecule has 1 aromatic heterocycles. The molecule has 0 amide bonds. The summed E-state index contributed by atoms with van der Waals surface area (Å²) in [6.45, 7) is 0. The van der Waals surface area contributed by atoms with Crippen LogP contribution in [0.2, 0.25) is 5.02 Å². The maximum Gasteiger partial charge on any atom is 0.343 e. The maximum atomic E-state index is 13.0. The van der Waals surface area contributed by atoms with E-state index in [2.05, 4.69) is 0 Å². The lowest BCUT2D eigenvalue weighted by Crippen LogP contribution is -2.16. The molecule has 1 heterocycles. The fourth-order valence-electron chi connectivity index (χ4n) is 2.75. The molecule has 0 fully saturated rings. The monoisotopic (exact) mass is 376 g/mol. The standard InChI is InChI=1S/C22H13ClO4/c23-16-11-12-18-17(13-16)19(24)21(20(26-18)14-7-3-1-4-8-14)27-22(25)15-9-5-2-6-10-15/h1-13H. The number of esters is 1. The quantitative estimate of drug-likeness (QED) is 0.453. The van der Waals surface area contributed by atoms with Crippen LogP contribution in [0.4, 0.5) is 0 Å². The molecular weight excluding hydrogens is 364 g/mol. The van der Waals surface area contributed by atoms with Crippen molar-refractivity contribution in [2.75, 3.05) is 0 Å². The number of carbonyl (C=O) groups is 1. The number of hydrogen-bond acceptors (Lipinski definition) is 4. The lowest BCUT2D eigenvalue weighted by Gasteiger charge is -2.10. The summed E-state index contributed by atoms with van der Waals surface area (Å²) in [5, 5.41) is 0.639. The molecule has 4 nitrogen and oxygen atoms in total. The minimum atomic E-state index is -0.638. The third kappa shape index (κ3) is 3.35. The van der Waals surface area contributed by atoms with Gasteiger partial charge in [0.05, 0.1) is 10.9 Å². The number of halogens is 1. The van der Waals surface area contributed by atoms with Gasteiger partial charge in [0.25, 0.3) is 0 Å². The normalized spacial score (nSPS) is 10.7. The van der Waals surface area contributed by atoms with Crippen LogP contribution in [0.5, 0.6) is 5.75 Å². The second-order valence-electron chi connectivity index (χ2n) is 5.85. The molecule has 0 aliphatic carbocycles. The van der Waals surface area contributed by atoms with Crippen molar-refractivity contribution >= 4 is 28.5 Å². The molecule has 0 aliphatic heterocycles. The highest BCUT2D eigenvalue weighted by Gasteiger charge is 2.21. The minimum absolute atomic E-state index is 0.162. The van der Waals surface area contributed by atoms with Crippen LogP contribution in [0.1, 0.15) is 10.4 Å². The van der Waals surface area contributed by atoms with Crippen LogP contribution in [0.15, 0.2) is 88.1 Å². The molecule has 4 rings (SSSR count). The van der Waals surface area contributed by atoms with Crippen LogP contribution in [-0.2, 0) is 0 Å². The van der Waals surface area contributed by atoms with Crippen molar-refractivity contribution in [3.8, 4) is 17.1 Å². The fourth-order valence-corrected chi connectivity index (χ4v) is 2.92. The van der Waals surface area contributed by atoms with E-state index in [1.807, 2.05) is 18.2 Å². The molecule has 0 aliphatic rings. The molecule has 4 aromatic rings. The number of hydrogen-bond donors (Lipinski definition) is 0. The molecule has 132 valence electrons. The van der Waals surface area contributed by atoms with Crippen molar-refractivity contribution in [2.45, 2.75) is 0 Å². The summed E-state index contributed by atoms with van der Waals surface area (Å²) in [5.41, 5.74) is 0.870. The van der Waals surface area contributed by atoms with Gasteiger partial charge >= 0.3 is 5.97 Å². The number of rotatable bonds is 3. The van der Waals surface area contributed by atoms with Crippen molar-refractivity contribution in [1.82, 2.24) is 0 Å². The van der Waals surface area contributed by atoms with Gasteiger partial charge in [-0.2, -0.15) is 0 Å². The van der Waals surface area contributed by atoms with E-state index >= 15 is 0 Å². The van der Waals surface area contributed by atoms with Crippen LogP contribution in [0.3, 0.4) is 0 Å². The molecule has 3 aromatic carbocycles. The SMILES string of the molecule is O=C(Oc1c(-c2ccccc2)oc2ccc(Cl)cc2c1=O)c1ccccc1. The van der Waals surface area contributed by atoms with E-state index in [9.17, 15) is 9.59 Å². The van der Waals surface area contributed by atoms with E-state index in [1.165, 1.54) is 6.07 Å².